The molecule has 1 atom stereocenters. The van der Waals surface area contributed by atoms with Gasteiger partial charge in [0.25, 0.3) is 0 Å². The van der Waals surface area contributed by atoms with Gasteiger partial charge in [0.15, 0.2) is 0 Å². The number of rotatable bonds is 2. The molecular weight excluding hydrogens is 412 g/mol. The number of aromatic nitrogens is 2. The number of benzene rings is 2. The maximum absolute atomic E-state index is 13.0. The fourth-order valence-electron chi connectivity index (χ4n) is 4.51. The van der Waals surface area contributed by atoms with Crippen LogP contribution in [0.3, 0.4) is 0 Å². The number of para-hydroxylation sites is 1. The molecule has 2 N–H and O–H groups in total. The second kappa shape index (κ2) is 8.16. The van der Waals surface area contributed by atoms with Crippen molar-refractivity contribution in [3.8, 4) is 5.75 Å². The first-order chi connectivity index (χ1) is 15.6. The number of carbonyl (C=O) groups is 2. The molecule has 3 aromatic rings. The second-order valence-corrected chi connectivity index (χ2v) is 8.06. The predicted molar refractivity (Wildman–Crippen MR) is 117 cm³/mol. The summed E-state index contributed by atoms with van der Waals surface area (Å²) in [5.41, 5.74) is 1.71. The van der Waals surface area contributed by atoms with E-state index < -0.39 is 6.09 Å². The number of methoxy groups -OCH3 is 1. The Morgan fingerprint density at radius 1 is 1.16 bits per heavy atom. The van der Waals surface area contributed by atoms with Gasteiger partial charge in [0.2, 0.25) is 0 Å². The number of nitrogens with zero attached hydrogens (tertiary/aromatic N) is 2. The summed E-state index contributed by atoms with van der Waals surface area (Å²) in [6, 6.07) is 12.5. The van der Waals surface area contributed by atoms with Gasteiger partial charge < -0.3 is 24.8 Å². The summed E-state index contributed by atoms with van der Waals surface area (Å²) >= 11 is 0. The smallest absolute Gasteiger partial charge is 0.434 e. The molecule has 3 heterocycles. The molecule has 1 unspecified atom stereocenters. The molecule has 9 nitrogen and oxygen atoms in total. The Labute approximate surface area is 184 Å². The van der Waals surface area contributed by atoms with Crippen molar-refractivity contribution in [3.63, 3.8) is 0 Å². The van der Waals surface area contributed by atoms with Gasteiger partial charge in [-0.05, 0) is 18.2 Å². The molecule has 2 amide bonds. The van der Waals surface area contributed by atoms with Crippen molar-refractivity contribution in [1.82, 2.24) is 15.1 Å². The first-order valence-corrected chi connectivity index (χ1v) is 10.6. The van der Waals surface area contributed by atoms with Crippen molar-refractivity contribution >= 4 is 28.7 Å². The number of nitrogens with one attached hydrogen (secondary N) is 2. The SMILES string of the molecule is COC(=O)n1ncc2c(NC(=O)NC3CC4(CCOCC4)Oc4ccccc43)cccc21. The quantitative estimate of drug-likeness (QED) is 0.633. The van der Waals surface area contributed by atoms with Gasteiger partial charge in [0, 0.05) is 30.2 Å². The Morgan fingerprint density at radius 3 is 2.78 bits per heavy atom. The van der Waals surface area contributed by atoms with Crippen molar-refractivity contribution in [2.75, 3.05) is 25.6 Å². The molecule has 1 spiro atoms. The molecule has 9 heteroatoms. The van der Waals surface area contributed by atoms with Crippen LogP contribution in [0.4, 0.5) is 15.3 Å². The normalized spacial score (nSPS) is 19.1. The minimum absolute atomic E-state index is 0.199. The van der Waals surface area contributed by atoms with Crippen LogP contribution < -0.4 is 15.4 Å². The van der Waals surface area contributed by atoms with E-state index >= 15 is 0 Å². The number of amides is 2. The number of ether oxygens (including phenoxy) is 3. The third-order valence-electron chi connectivity index (χ3n) is 6.12. The number of hydrogen-bond acceptors (Lipinski definition) is 6. The third-order valence-corrected chi connectivity index (χ3v) is 6.12. The van der Waals surface area contributed by atoms with Crippen molar-refractivity contribution < 1.29 is 23.8 Å². The highest BCUT2D eigenvalue weighted by atomic mass is 16.5. The fourth-order valence-corrected chi connectivity index (χ4v) is 4.51. The average Bonchev–Trinajstić information content (AvgIpc) is 3.24. The lowest BCUT2D eigenvalue weighted by Gasteiger charge is -2.44. The first-order valence-electron chi connectivity index (χ1n) is 10.6. The number of urea groups is 1. The van der Waals surface area contributed by atoms with E-state index in [0.717, 1.165) is 28.8 Å². The standard InChI is InChI=1S/C23H24N4O5/c1-30-22(29)27-19-7-4-6-17(16(19)14-24-27)25-21(28)26-18-13-23(9-11-31-12-10-23)32-20-8-3-2-5-15(18)20/h2-8,14,18H,9-13H2,1H3,(H2,25,26,28). The largest absolute Gasteiger partial charge is 0.487 e. The lowest BCUT2D eigenvalue weighted by Crippen LogP contribution is -2.49. The second-order valence-electron chi connectivity index (χ2n) is 8.06. The molecule has 2 aromatic carbocycles. The topological polar surface area (TPSA) is 104 Å². The molecule has 166 valence electrons. The molecule has 0 radical (unpaired) electrons. The summed E-state index contributed by atoms with van der Waals surface area (Å²) in [6.45, 7) is 1.29. The van der Waals surface area contributed by atoms with E-state index in [1.807, 2.05) is 24.3 Å². The Bertz CT molecular complexity index is 1170. The van der Waals surface area contributed by atoms with Gasteiger partial charge in [-0.15, -0.1) is 0 Å². The van der Waals surface area contributed by atoms with E-state index in [9.17, 15) is 9.59 Å². The predicted octanol–water partition coefficient (Wildman–Crippen LogP) is 3.85. The fraction of sp³-hybridized carbons (Fsp3) is 0.348. The van der Waals surface area contributed by atoms with E-state index in [0.29, 0.717) is 36.2 Å². The van der Waals surface area contributed by atoms with Crippen LogP contribution in [-0.4, -0.2) is 47.8 Å². The van der Waals surface area contributed by atoms with Crippen LogP contribution in [0.1, 0.15) is 30.9 Å². The van der Waals surface area contributed by atoms with E-state index in [4.69, 9.17) is 14.2 Å². The minimum Gasteiger partial charge on any atom is -0.487 e. The van der Waals surface area contributed by atoms with Gasteiger partial charge in [-0.2, -0.15) is 9.78 Å². The minimum atomic E-state index is -0.595. The Hall–Kier alpha value is -3.59. The summed E-state index contributed by atoms with van der Waals surface area (Å²) < 4.78 is 17.8. The van der Waals surface area contributed by atoms with Gasteiger partial charge in [0.05, 0.1) is 43.8 Å². The molecule has 32 heavy (non-hydrogen) atoms. The Kier molecular flexibility index (Phi) is 5.18. The highest BCUT2D eigenvalue weighted by Gasteiger charge is 2.42. The lowest BCUT2D eigenvalue weighted by atomic mass is 9.82. The Balaban J connectivity index is 1.38. The van der Waals surface area contributed by atoms with Gasteiger partial charge in [-0.3, -0.25) is 0 Å². The van der Waals surface area contributed by atoms with Crippen LogP contribution >= 0.6 is 0 Å². The molecule has 5 rings (SSSR count). The zero-order valence-corrected chi connectivity index (χ0v) is 17.7. The number of anilines is 1. The zero-order valence-electron chi connectivity index (χ0n) is 17.7. The van der Waals surface area contributed by atoms with Crippen LogP contribution in [0.5, 0.6) is 5.75 Å². The van der Waals surface area contributed by atoms with Crippen LogP contribution in [0, 0.1) is 0 Å². The van der Waals surface area contributed by atoms with Crippen LogP contribution in [0.25, 0.3) is 10.9 Å². The lowest BCUT2D eigenvalue weighted by molar-refractivity contribution is -0.0636. The molecule has 0 saturated carbocycles. The van der Waals surface area contributed by atoms with Gasteiger partial charge in [-0.1, -0.05) is 24.3 Å². The van der Waals surface area contributed by atoms with Crippen molar-refractivity contribution in [3.05, 3.63) is 54.2 Å². The highest BCUT2D eigenvalue weighted by Crippen LogP contribution is 2.43. The van der Waals surface area contributed by atoms with E-state index in [2.05, 4.69) is 15.7 Å². The molecule has 1 aromatic heterocycles. The molecule has 1 fully saturated rings. The first kappa shape index (κ1) is 20.3. The molecule has 0 aliphatic carbocycles. The third kappa shape index (κ3) is 3.64. The number of fused-ring (bicyclic) bond motifs is 2. The molecule has 0 bridgehead atoms. The van der Waals surface area contributed by atoms with Crippen molar-refractivity contribution in [1.29, 1.82) is 0 Å². The highest BCUT2D eigenvalue weighted by molar-refractivity contribution is 6.02. The van der Waals surface area contributed by atoms with Crippen molar-refractivity contribution in [2.45, 2.75) is 30.9 Å². The number of carbonyl (C=O) groups excluding carboxylic acids is 2. The van der Waals surface area contributed by atoms with E-state index in [1.54, 1.807) is 18.2 Å². The molecule has 2 aliphatic rings. The summed E-state index contributed by atoms with van der Waals surface area (Å²) in [6.07, 6.45) is 3.18. The summed E-state index contributed by atoms with van der Waals surface area (Å²) in [7, 11) is 1.29. The maximum atomic E-state index is 13.0. The van der Waals surface area contributed by atoms with Crippen LogP contribution in [0.2, 0.25) is 0 Å². The Morgan fingerprint density at radius 2 is 1.97 bits per heavy atom. The van der Waals surface area contributed by atoms with Gasteiger partial charge in [0.1, 0.15) is 11.4 Å². The van der Waals surface area contributed by atoms with E-state index in [1.165, 1.54) is 13.3 Å². The summed E-state index contributed by atoms with van der Waals surface area (Å²) in [4.78, 5) is 24.9. The number of hydrogen-bond donors (Lipinski definition) is 2. The van der Waals surface area contributed by atoms with Gasteiger partial charge >= 0.3 is 12.1 Å². The van der Waals surface area contributed by atoms with Crippen LogP contribution in [0.15, 0.2) is 48.7 Å². The summed E-state index contributed by atoms with van der Waals surface area (Å²) in [5.74, 6) is 0.799. The van der Waals surface area contributed by atoms with E-state index in [-0.39, 0.29) is 17.7 Å². The summed E-state index contributed by atoms with van der Waals surface area (Å²) in [5, 5.41) is 10.7. The van der Waals surface area contributed by atoms with Gasteiger partial charge in [-0.25, -0.2) is 9.59 Å². The molecule has 2 aliphatic heterocycles. The van der Waals surface area contributed by atoms with Crippen molar-refractivity contribution in [2.24, 2.45) is 0 Å². The molecule has 1 saturated heterocycles. The average molecular weight is 436 g/mol. The monoisotopic (exact) mass is 436 g/mol. The van der Waals surface area contributed by atoms with Crippen LogP contribution in [-0.2, 0) is 9.47 Å². The maximum Gasteiger partial charge on any atom is 0.434 e. The molecular formula is C23H24N4O5. The zero-order chi connectivity index (χ0) is 22.1.